The minimum Gasteiger partial charge on any atom is -0.508 e. The number of aromatic hydroxyl groups is 1. The fourth-order valence-corrected chi connectivity index (χ4v) is 2.21. The van der Waals surface area contributed by atoms with E-state index in [0.717, 1.165) is 37.3 Å². The molecule has 106 valence electrons. The van der Waals surface area contributed by atoms with Crippen molar-refractivity contribution in [3.05, 3.63) is 23.8 Å². The number of hydrogen-bond acceptors (Lipinski definition) is 6. The lowest BCUT2D eigenvalue weighted by atomic mass is 10.1. The molecular weight excluding hydrogens is 256 g/mol. The lowest BCUT2D eigenvalue weighted by molar-refractivity contribution is 0.309. The molecule has 2 aromatic rings. The Morgan fingerprint density at radius 2 is 1.95 bits per heavy atom. The van der Waals surface area contributed by atoms with Crippen LogP contribution in [0.1, 0.15) is 5.56 Å². The van der Waals surface area contributed by atoms with E-state index >= 15 is 0 Å². The maximum atomic E-state index is 9.74. The first-order valence-corrected chi connectivity index (χ1v) is 6.70. The SMILES string of the molecule is Cc1ccc(-c2nc(N3CCN(C)CC3)no2)cc1O. The van der Waals surface area contributed by atoms with Gasteiger partial charge in [-0.2, -0.15) is 4.98 Å². The molecule has 6 nitrogen and oxygen atoms in total. The van der Waals surface area contributed by atoms with Crippen LogP contribution in [0.3, 0.4) is 0 Å². The first-order valence-electron chi connectivity index (χ1n) is 6.70. The van der Waals surface area contributed by atoms with Gasteiger partial charge in [0.05, 0.1) is 0 Å². The molecule has 2 heterocycles. The van der Waals surface area contributed by atoms with E-state index in [1.54, 1.807) is 6.07 Å². The summed E-state index contributed by atoms with van der Waals surface area (Å²) in [5, 5.41) is 13.8. The molecule has 1 saturated heterocycles. The average Bonchev–Trinajstić information content (AvgIpc) is 2.92. The first-order chi connectivity index (χ1) is 9.63. The Bertz CT molecular complexity index is 603. The van der Waals surface area contributed by atoms with Crippen LogP contribution in [0.15, 0.2) is 22.7 Å². The lowest BCUT2D eigenvalue weighted by Crippen LogP contribution is -2.44. The Hall–Kier alpha value is -2.08. The number of rotatable bonds is 2. The van der Waals surface area contributed by atoms with Crippen LogP contribution >= 0.6 is 0 Å². The minimum atomic E-state index is 0.238. The van der Waals surface area contributed by atoms with Gasteiger partial charge in [-0.25, -0.2) is 0 Å². The summed E-state index contributed by atoms with van der Waals surface area (Å²) in [4.78, 5) is 8.80. The Labute approximate surface area is 117 Å². The van der Waals surface area contributed by atoms with E-state index < -0.39 is 0 Å². The van der Waals surface area contributed by atoms with Crippen molar-refractivity contribution in [1.82, 2.24) is 15.0 Å². The second kappa shape index (κ2) is 5.13. The number of aryl methyl sites for hydroxylation is 1. The van der Waals surface area contributed by atoms with E-state index in [4.69, 9.17) is 4.52 Å². The molecule has 0 saturated carbocycles. The highest BCUT2D eigenvalue weighted by atomic mass is 16.5. The monoisotopic (exact) mass is 274 g/mol. The molecule has 1 N–H and O–H groups in total. The summed E-state index contributed by atoms with van der Waals surface area (Å²) in [6.07, 6.45) is 0. The van der Waals surface area contributed by atoms with Gasteiger partial charge in [0.1, 0.15) is 5.75 Å². The summed E-state index contributed by atoms with van der Waals surface area (Å²) >= 11 is 0. The van der Waals surface area contributed by atoms with Crippen LogP contribution in [0.2, 0.25) is 0 Å². The molecule has 0 bridgehead atoms. The summed E-state index contributed by atoms with van der Waals surface area (Å²) in [6, 6.07) is 5.36. The van der Waals surface area contributed by atoms with E-state index in [2.05, 4.69) is 27.0 Å². The number of phenols is 1. The number of phenolic OH excluding ortho intramolecular Hbond substituents is 1. The van der Waals surface area contributed by atoms with Gasteiger partial charge in [-0.15, -0.1) is 0 Å². The second-order valence-corrected chi connectivity index (χ2v) is 5.19. The van der Waals surface area contributed by atoms with Crippen LogP contribution in [0.4, 0.5) is 5.95 Å². The number of anilines is 1. The molecule has 1 fully saturated rings. The van der Waals surface area contributed by atoms with Crippen molar-refractivity contribution >= 4 is 5.95 Å². The van der Waals surface area contributed by atoms with Crippen molar-refractivity contribution in [1.29, 1.82) is 0 Å². The maximum absolute atomic E-state index is 9.74. The quantitative estimate of drug-likeness (QED) is 0.895. The van der Waals surface area contributed by atoms with Crippen LogP contribution in [0.25, 0.3) is 11.5 Å². The molecule has 6 heteroatoms. The molecule has 0 spiro atoms. The van der Waals surface area contributed by atoms with Gasteiger partial charge in [0.25, 0.3) is 11.8 Å². The minimum absolute atomic E-state index is 0.238. The Balaban J connectivity index is 1.81. The number of aromatic nitrogens is 2. The first kappa shape index (κ1) is 12.9. The third kappa shape index (κ3) is 2.46. The molecule has 0 atom stereocenters. The van der Waals surface area contributed by atoms with Gasteiger partial charge in [0.2, 0.25) is 0 Å². The summed E-state index contributed by atoms with van der Waals surface area (Å²) in [5.41, 5.74) is 1.56. The van der Waals surface area contributed by atoms with E-state index in [1.807, 2.05) is 19.1 Å². The van der Waals surface area contributed by atoms with Crippen molar-refractivity contribution in [3.8, 4) is 17.2 Å². The van der Waals surface area contributed by atoms with Crippen molar-refractivity contribution < 1.29 is 9.63 Å². The van der Waals surface area contributed by atoms with Crippen LogP contribution in [0.5, 0.6) is 5.75 Å². The highest BCUT2D eigenvalue weighted by Crippen LogP contribution is 2.26. The summed E-state index contributed by atoms with van der Waals surface area (Å²) in [5.74, 6) is 1.30. The van der Waals surface area contributed by atoms with E-state index in [1.165, 1.54) is 0 Å². The smallest absolute Gasteiger partial charge is 0.266 e. The van der Waals surface area contributed by atoms with E-state index in [0.29, 0.717) is 11.8 Å². The Morgan fingerprint density at radius 1 is 1.20 bits per heavy atom. The van der Waals surface area contributed by atoms with Gasteiger partial charge in [-0.05, 0) is 36.8 Å². The van der Waals surface area contributed by atoms with Gasteiger partial charge in [-0.1, -0.05) is 6.07 Å². The third-order valence-corrected chi connectivity index (χ3v) is 3.66. The number of benzene rings is 1. The van der Waals surface area contributed by atoms with Gasteiger partial charge >= 0.3 is 0 Å². The highest BCUT2D eigenvalue weighted by Gasteiger charge is 2.19. The lowest BCUT2D eigenvalue weighted by Gasteiger charge is -2.31. The number of nitrogens with zero attached hydrogens (tertiary/aromatic N) is 4. The van der Waals surface area contributed by atoms with E-state index in [9.17, 15) is 5.11 Å². The maximum Gasteiger partial charge on any atom is 0.266 e. The van der Waals surface area contributed by atoms with Gasteiger partial charge in [-0.3, -0.25) is 0 Å². The number of hydrogen-bond donors (Lipinski definition) is 1. The van der Waals surface area contributed by atoms with Crippen molar-refractivity contribution in [2.24, 2.45) is 0 Å². The van der Waals surface area contributed by atoms with Crippen molar-refractivity contribution in [2.45, 2.75) is 6.92 Å². The van der Waals surface area contributed by atoms with E-state index in [-0.39, 0.29) is 5.75 Å². The molecule has 0 amide bonds. The largest absolute Gasteiger partial charge is 0.508 e. The standard InChI is InChI=1S/C14H18N4O2/c1-10-3-4-11(9-12(10)19)13-15-14(16-20-13)18-7-5-17(2)6-8-18/h3-4,9,19H,5-8H2,1-2H3. The number of likely N-dealkylation sites (N-methyl/N-ethyl adjacent to an activating group) is 1. The van der Waals surface area contributed by atoms with Crippen LogP contribution in [-0.4, -0.2) is 53.4 Å². The zero-order valence-electron chi connectivity index (χ0n) is 11.7. The Kier molecular flexibility index (Phi) is 3.31. The van der Waals surface area contributed by atoms with Gasteiger partial charge in [0.15, 0.2) is 0 Å². The topological polar surface area (TPSA) is 65.6 Å². The fourth-order valence-electron chi connectivity index (χ4n) is 2.21. The summed E-state index contributed by atoms with van der Waals surface area (Å²) < 4.78 is 5.30. The van der Waals surface area contributed by atoms with Crippen LogP contribution in [-0.2, 0) is 0 Å². The Morgan fingerprint density at radius 3 is 2.65 bits per heavy atom. The predicted molar refractivity (Wildman–Crippen MR) is 75.8 cm³/mol. The fraction of sp³-hybridized carbons (Fsp3) is 0.429. The molecule has 1 aliphatic rings. The average molecular weight is 274 g/mol. The second-order valence-electron chi connectivity index (χ2n) is 5.19. The summed E-state index contributed by atoms with van der Waals surface area (Å²) in [7, 11) is 2.11. The summed E-state index contributed by atoms with van der Waals surface area (Å²) in [6.45, 7) is 5.64. The zero-order valence-corrected chi connectivity index (χ0v) is 11.7. The third-order valence-electron chi connectivity index (χ3n) is 3.66. The molecule has 20 heavy (non-hydrogen) atoms. The molecule has 0 aliphatic carbocycles. The molecule has 1 aromatic carbocycles. The predicted octanol–water partition coefficient (Wildman–Crippen LogP) is 1.50. The van der Waals surface area contributed by atoms with Crippen LogP contribution < -0.4 is 4.90 Å². The van der Waals surface area contributed by atoms with Gasteiger partial charge < -0.3 is 19.4 Å². The molecule has 1 aliphatic heterocycles. The van der Waals surface area contributed by atoms with Crippen molar-refractivity contribution in [2.75, 3.05) is 38.1 Å². The molecule has 3 rings (SSSR count). The molecule has 0 radical (unpaired) electrons. The molecule has 1 aromatic heterocycles. The van der Waals surface area contributed by atoms with Crippen molar-refractivity contribution in [3.63, 3.8) is 0 Å². The van der Waals surface area contributed by atoms with Crippen LogP contribution in [0, 0.1) is 6.92 Å². The number of piperazine rings is 1. The highest BCUT2D eigenvalue weighted by molar-refractivity contribution is 5.58. The van der Waals surface area contributed by atoms with Gasteiger partial charge in [0, 0.05) is 31.7 Å². The molecular formula is C14H18N4O2. The zero-order chi connectivity index (χ0) is 14.1. The molecule has 0 unspecified atom stereocenters. The normalized spacial score (nSPS) is 16.6.